The summed E-state index contributed by atoms with van der Waals surface area (Å²) in [4.78, 5) is 0. The molecule has 3 heteroatoms. The van der Waals surface area contributed by atoms with Gasteiger partial charge in [0.05, 0.1) is 5.69 Å². The van der Waals surface area contributed by atoms with Gasteiger partial charge in [-0.15, -0.1) is 0 Å². The van der Waals surface area contributed by atoms with Crippen LogP contribution >= 0.6 is 0 Å². The molecule has 2 rings (SSSR count). The van der Waals surface area contributed by atoms with Gasteiger partial charge in [0, 0.05) is 25.2 Å². The lowest BCUT2D eigenvalue weighted by atomic mass is 9.88. The first-order valence-corrected chi connectivity index (χ1v) is 8.43. The summed E-state index contributed by atoms with van der Waals surface area (Å²) in [6.07, 6.45) is 10.8. The van der Waals surface area contributed by atoms with Gasteiger partial charge in [-0.25, -0.2) is 0 Å². The summed E-state index contributed by atoms with van der Waals surface area (Å²) < 4.78 is 2.06. The van der Waals surface area contributed by atoms with Crippen molar-refractivity contribution < 1.29 is 0 Å². The second-order valence-corrected chi connectivity index (χ2v) is 6.42. The highest BCUT2D eigenvalue weighted by molar-refractivity contribution is 5.10. The van der Waals surface area contributed by atoms with Gasteiger partial charge in [0.15, 0.2) is 0 Å². The van der Waals surface area contributed by atoms with E-state index in [-0.39, 0.29) is 0 Å². The Hall–Kier alpha value is -0.830. The van der Waals surface area contributed by atoms with Crippen molar-refractivity contribution in [3.63, 3.8) is 0 Å². The Morgan fingerprint density at radius 2 is 2.00 bits per heavy atom. The Balaban J connectivity index is 2.03. The smallest absolute Gasteiger partial charge is 0.0596 e. The van der Waals surface area contributed by atoms with Crippen molar-refractivity contribution in [3.8, 4) is 0 Å². The number of nitrogens with zero attached hydrogens (tertiary/aromatic N) is 2. The first kappa shape index (κ1) is 15.6. The maximum absolute atomic E-state index is 4.50. The number of aromatic nitrogens is 2. The van der Waals surface area contributed by atoms with Crippen LogP contribution in [0, 0.1) is 12.8 Å². The third-order valence-electron chi connectivity index (χ3n) is 4.65. The first-order chi connectivity index (χ1) is 9.70. The van der Waals surface area contributed by atoms with Crippen molar-refractivity contribution in [2.24, 2.45) is 13.0 Å². The molecule has 1 aromatic rings. The summed E-state index contributed by atoms with van der Waals surface area (Å²) in [6.45, 7) is 5.48. The molecule has 114 valence electrons. The van der Waals surface area contributed by atoms with Crippen molar-refractivity contribution in [1.82, 2.24) is 15.1 Å². The zero-order valence-electron chi connectivity index (χ0n) is 13.5. The molecular weight excluding hydrogens is 246 g/mol. The minimum Gasteiger partial charge on any atom is -0.313 e. The summed E-state index contributed by atoms with van der Waals surface area (Å²) in [5.74, 6) is 0.847. The van der Waals surface area contributed by atoms with Gasteiger partial charge >= 0.3 is 0 Å². The number of hydrogen-bond acceptors (Lipinski definition) is 2. The van der Waals surface area contributed by atoms with E-state index in [0.29, 0.717) is 6.04 Å². The van der Waals surface area contributed by atoms with Gasteiger partial charge < -0.3 is 5.32 Å². The molecule has 0 aromatic carbocycles. The molecule has 1 unspecified atom stereocenters. The van der Waals surface area contributed by atoms with Gasteiger partial charge in [0.2, 0.25) is 0 Å². The molecule has 0 amide bonds. The largest absolute Gasteiger partial charge is 0.313 e. The fourth-order valence-corrected chi connectivity index (χ4v) is 3.53. The second kappa shape index (κ2) is 7.82. The molecule has 1 aliphatic carbocycles. The molecule has 1 N–H and O–H groups in total. The lowest BCUT2D eigenvalue weighted by Crippen LogP contribution is -2.39. The van der Waals surface area contributed by atoms with Crippen molar-refractivity contribution in [1.29, 1.82) is 0 Å². The van der Waals surface area contributed by atoms with Gasteiger partial charge in [0.25, 0.3) is 0 Å². The number of nitrogens with one attached hydrogen (secondary N) is 1. The zero-order valence-corrected chi connectivity index (χ0v) is 13.5. The molecule has 0 saturated heterocycles. The molecule has 1 heterocycles. The van der Waals surface area contributed by atoms with E-state index >= 15 is 0 Å². The van der Waals surface area contributed by atoms with Crippen LogP contribution in [-0.4, -0.2) is 22.4 Å². The number of hydrogen-bond donors (Lipinski definition) is 1. The van der Waals surface area contributed by atoms with Crippen molar-refractivity contribution >= 4 is 0 Å². The van der Waals surface area contributed by atoms with Gasteiger partial charge in [-0.1, -0.05) is 32.6 Å². The van der Waals surface area contributed by atoms with Gasteiger partial charge in [-0.3, -0.25) is 4.68 Å². The highest BCUT2D eigenvalue weighted by atomic mass is 15.3. The average molecular weight is 277 g/mol. The maximum atomic E-state index is 4.50. The van der Waals surface area contributed by atoms with Gasteiger partial charge in [-0.05, 0) is 44.7 Å². The minimum absolute atomic E-state index is 0.628. The third kappa shape index (κ3) is 4.34. The van der Waals surface area contributed by atoms with Crippen LogP contribution in [0.1, 0.15) is 63.3 Å². The van der Waals surface area contributed by atoms with E-state index in [1.165, 1.54) is 50.6 Å². The Labute approximate surface area is 124 Å². The fraction of sp³-hybridized carbons (Fsp3) is 0.824. The summed E-state index contributed by atoms with van der Waals surface area (Å²) in [5.41, 5.74) is 2.51. The molecule has 1 fully saturated rings. The molecule has 0 radical (unpaired) electrons. The number of rotatable bonds is 6. The van der Waals surface area contributed by atoms with E-state index in [0.717, 1.165) is 24.6 Å². The quantitative estimate of drug-likeness (QED) is 0.805. The second-order valence-electron chi connectivity index (χ2n) is 6.42. The van der Waals surface area contributed by atoms with E-state index in [9.17, 15) is 0 Å². The molecule has 20 heavy (non-hydrogen) atoms. The standard InChI is InChI=1S/C17H31N3/c1-4-11-18-17(15-9-7-5-6-8-10-15)13-16-12-14(2)19-20(16)3/h12,15,17-18H,4-11,13H2,1-3H3. The minimum atomic E-state index is 0.628. The molecule has 1 saturated carbocycles. The van der Waals surface area contributed by atoms with E-state index in [2.05, 4.69) is 42.1 Å². The summed E-state index contributed by atoms with van der Waals surface area (Å²) in [5, 5.41) is 8.31. The molecule has 0 aliphatic heterocycles. The van der Waals surface area contributed by atoms with E-state index in [4.69, 9.17) is 0 Å². The highest BCUT2D eigenvalue weighted by Crippen LogP contribution is 2.27. The summed E-state index contributed by atoms with van der Waals surface area (Å²) >= 11 is 0. The Bertz CT molecular complexity index is 389. The van der Waals surface area contributed by atoms with Gasteiger partial charge in [-0.2, -0.15) is 5.10 Å². The van der Waals surface area contributed by atoms with Crippen LogP contribution in [0.4, 0.5) is 0 Å². The van der Waals surface area contributed by atoms with Crippen LogP contribution in [-0.2, 0) is 13.5 Å². The number of aryl methyl sites for hydroxylation is 2. The van der Waals surface area contributed by atoms with Crippen molar-refractivity contribution in [2.75, 3.05) is 6.54 Å². The fourth-order valence-electron chi connectivity index (χ4n) is 3.53. The predicted molar refractivity (Wildman–Crippen MR) is 84.9 cm³/mol. The average Bonchev–Trinajstić information content (AvgIpc) is 2.65. The van der Waals surface area contributed by atoms with E-state index < -0.39 is 0 Å². The molecule has 0 bridgehead atoms. The molecule has 1 aliphatic rings. The molecule has 1 atom stereocenters. The Morgan fingerprint density at radius 1 is 1.30 bits per heavy atom. The monoisotopic (exact) mass is 277 g/mol. The maximum Gasteiger partial charge on any atom is 0.0596 e. The predicted octanol–water partition coefficient (Wildman–Crippen LogP) is 3.61. The van der Waals surface area contributed by atoms with Crippen LogP contribution in [0.25, 0.3) is 0 Å². The van der Waals surface area contributed by atoms with E-state index in [1.54, 1.807) is 0 Å². The summed E-state index contributed by atoms with van der Waals surface area (Å²) in [6, 6.07) is 2.87. The molecule has 1 aromatic heterocycles. The highest BCUT2D eigenvalue weighted by Gasteiger charge is 2.23. The molecule has 3 nitrogen and oxygen atoms in total. The van der Waals surface area contributed by atoms with Crippen LogP contribution in [0.5, 0.6) is 0 Å². The zero-order chi connectivity index (χ0) is 14.4. The lowest BCUT2D eigenvalue weighted by molar-refractivity contribution is 0.313. The molecule has 0 spiro atoms. The topological polar surface area (TPSA) is 29.9 Å². The Kier molecular flexibility index (Phi) is 6.08. The SMILES string of the molecule is CCCNC(Cc1cc(C)nn1C)C1CCCCCC1. The van der Waals surface area contributed by atoms with E-state index in [1.807, 2.05) is 0 Å². The third-order valence-corrected chi connectivity index (χ3v) is 4.65. The van der Waals surface area contributed by atoms with Gasteiger partial charge in [0.1, 0.15) is 0 Å². The lowest BCUT2D eigenvalue weighted by Gasteiger charge is -2.27. The first-order valence-electron chi connectivity index (χ1n) is 8.43. The van der Waals surface area contributed by atoms with Crippen LogP contribution in [0.3, 0.4) is 0 Å². The normalized spacial score (nSPS) is 18.9. The molecular formula is C17H31N3. The van der Waals surface area contributed by atoms with Crippen molar-refractivity contribution in [2.45, 2.75) is 71.3 Å². The summed E-state index contributed by atoms with van der Waals surface area (Å²) in [7, 11) is 2.08. The van der Waals surface area contributed by atoms with Crippen LogP contribution in [0.15, 0.2) is 6.07 Å². The van der Waals surface area contributed by atoms with Crippen LogP contribution in [0.2, 0.25) is 0 Å². The Morgan fingerprint density at radius 3 is 2.55 bits per heavy atom. The van der Waals surface area contributed by atoms with Crippen LogP contribution < -0.4 is 5.32 Å². The van der Waals surface area contributed by atoms with Crippen molar-refractivity contribution in [3.05, 3.63) is 17.5 Å².